The summed E-state index contributed by atoms with van der Waals surface area (Å²) in [5.74, 6) is -12.0. The largest absolute Gasteiger partial charge is 0.493 e. The van der Waals surface area contributed by atoms with E-state index in [4.69, 9.17) is 36.9 Å². The Labute approximate surface area is 166 Å². The molecule has 4 nitrogen and oxygen atoms in total. The molecule has 3 rings (SSSR count). The van der Waals surface area contributed by atoms with Crippen molar-refractivity contribution < 1.29 is 41.7 Å². The molecule has 1 aromatic carbocycles. The van der Waals surface area contributed by atoms with Gasteiger partial charge in [-0.2, -0.15) is 0 Å². The lowest BCUT2D eigenvalue weighted by molar-refractivity contribution is -0.129. The fourth-order valence-corrected chi connectivity index (χ4v) is 2.66. The van der Waals surface area contributed by atoms with Crippen LogP contribution in [0.5, 0.6) is 11.5 Å². The molecular weight excluding hydrogens is 290 g/mol. The number of rotatable bonds is 4. The molecule has 0 N–H and O–H groups in total. The molecule has 0 spiro atoms. The number of piperidine rings is 1. The smallest absolute Gasteiger partial charge is 0.161 e. The minimum Gasteiger partial charge on any atom is -0.493 e. The molecule has 4 heteroatoms. The second-order valence-corrected chi connectivity index (χ2v) is 5.01. The summed E-state index contributed by atoms with van der Waals surface area (Å²) < 4.78 is 169. The van der Waals surface area contributed by atoms with Crippen LogP contribution < -0.4 is 9.47 Å². The van der Waals surface area contributed by atoms with Gasteiger partial charge in [0.05, 0.1) is 22.3 Å². The Morgan fingerprint density at radius 3 is 3.00 bits per heavy atom. The summed E-state index contributed by atoms with van der Waals surface area (Å²) in [6, 6.07) is -0.253. The van der Waals surface area contributed by atoms with Crippen LogP contribution in [0.25, 0.3) is 0 Å². The molecule has 126 valence electrons. The van der Waals surface area contributed by atoms with Crippen molar-refractivity contribution in [1.82, 2.24) is 4.90 Å². The van der Waals surface area contributed by atoms with Crippen molar-refractivity contribution in [1.29, 1.82) is 0 Å². The van der Waals surface area contributed by atoms with Crippen LogP contribution in [0, 0.1) is 11.8 Å². The summed E-state index contributed by atoms with van der Waals surface area (Å²) in [7, 11) is -6.29. The van der Waals surface area contributed by atoms with Crippen LogP contribution in [0.3, 0.4) is 0 Å². The van der Waals surface area contributed by atoms with E-state index in [2.05, 4.69) is 0 Å². The van der Waals surface area contributed by atoms with Gasteiger partial charge in [-0.05, 0) is 41.9 Å². The molecule has 0 aromatic heterocycles. The van der Waals surface area contributed by atoms with Crippen LogP contribution in [0.15, 0.2) is 12.1 Å². The van der Waals surface area contributed by atoms with Gasteiger partial charge in [0, 0.05) is 50.5 Å². The Kier molecular flexibility index (Phi) is 1.35. The maximum atomic E-state index is 13.8. The summed E-state index contributed by atoms with van der Waals surface area (Å²) in [6.45, 7) is -12.4. The van der Waals surface area contributed by atoms with Gasteiger partial charge in [-0.3, -0.25) is 9.69 Å². The highest BCUT2D eigenvalue weighted by atomic mass is 16.5. The number of hydrogen-bond donors (Lipinski definition) is 0. The number of methoxy groups -OCH3 is 2. The summed E-state index contributed by atoms with van der Waals surface area (Å²) in [5, 5.41) is 0. The van der Waals surface area contributed by atoms with Crippen LogP contribution in [0.2, 0.25) is 0 Å². The van der Waals surface area contributed by atoms with Crippen molar-refractivity contribution in [2.45, 2.75) is 38.9 Å². The maximum Gasteiger partial charge on any atom is 0.161 e. The molecule has 1 aromatic rings. The minimum atomic E-state index is -4.39. The first-order valence-corrected chi connectivity index (χ1v) is 6.65. The van der Waals surface area contributed by atoms with Crippen molar-refractivity contribution in [2.75, 3.05) is 27.1 Å². The van der Waals surface area contributed by atoms with E-state index >= 15 is 0 Å². The van der Waals surface area contributed by atoms with E-state index in [0.717, 1.165) is 12.1 Å². The van der Waals surface area contributed by atoms with Gasteiger partial charge in [-0.25, -0.2) is 0 Å². The standard InChI is InChI=1S/C19H27NO3/c1-12(2)7-14-11-20-6-5-13-8-18(22-3)19(23-4)9-15(13)16(20)10-17(14)21/h8-9,12,14,16H,5-7,10-11H2,1-4H3/i1D3,2D3,3D3,4D3,7D2,10D2,11D2,12D,14D. The summed E-state index contributed by atoms with van der Waals surface area (Å²) in [4.78, 5) is 14.3. The molecule has 0 bridgehead atoms. The molecule has 2 aliphatic heterocycles. The van der Waals surface area contributed by atoms with Gasteiger partial charge in [0.15, 0.2) is 11.5 Å². The van der Waals surface area contributed by atoms with E-state index < -0.39 is 88.7 Å². The van der Waals surface area contributed by atoms with Crippen LogP contribution in [-0.2, 0) is 11.2 Å². The number of ether oxygens (including phenoxy) is 2. The highest BCUT2D eigenvalue weighted by Crippen LogP contribution is 2.42. The third kappa shape index (κ3) is 3.09. The molecule has 2 heterocycles. The lowest BCUT2D eigenvalue weighted by Gasteiger charge is -2.43. The number of carbonyl (C=O) groups is 1. The van der Waals surface area contributed by atoms with Crippen LogP contribution >= 0.6 is 0 Å². The topological polar surface area (TPSA) is 38.8 Å². The molecule has 2 unspecified atom stereocenters. The van der Waals surface area contributed by atoms with Crippen molar-refractivity contribution in [2.24, 2.45) is 11.8 Å². The maximum absolute atomic E-state index is 13.8. The molecule has 0 aliphatic carbocycles. The van der Waals surface area contributed by atoms with Gasteiger partial charge >= 0.3 is 0 Å². The number of carbonyl (C=O) groups excluding carboxylic acids is 1. The highest BCUT2D eigenvalue weighted by Gasteiger charge is 2.38. The molecule has 23 heavy (non-hydrogen) atoms. The lowest BCUT2D eigenvalue weighted by Crippen LogP contribution is -2.46. The number of hydrogen-bond acceptors (Lipinski definition) is 4. The summed E-state index contributed by atoms with van der Waals surface area (Å²) in [6.07, 6.45) is -8.18. The first-order chi connectivity index (χ1) is 18.8. The third-order valence-corrected chi connectivity index (χ3v) is 3.65. The first-order valence-electron chi connectivity index (χ1n) is 16.7. The van der Waals surface area contributed by atoms with E-state index in [1.165, 1.54) is 0 Å². The van der Waals surface area contributed by atoms with E-state index in [1.54, 1.807) is 0 Å². The van der Waals surface area contributed by atoms with Gasteiger partial charge in [0.25, 0.3) is 0 Å². The second-order valence-electron chi connectivity index (χ2n) is 5.01. The van der Waals surface area contributed by atoms with Gasteiger partial charge in [0.2, 0.25) is 0 Å². The van der Waals surface area contributed by atoms with Crippen molar-refractivity contribution in [3.8, 4) is 11.5 Å². The number of fused-ring (bicyclic) bond motifs is 3. The molecule has 0 radical (unpaired) electrons. The zero-order chi connectivity index (χ0) is 33.8. The average molecular weight is 338 g/mol. The van der Waals surface area contributed by atoms with E-state index in [9.17, 15) is 4.79 Å². The van der Waals surface area contributed by atoms with Crippen LogP contribution in [0.1, 0.15) is 71.0 Å². The first kappa shape index (κ1) is 4.75. The van der Waals surface area contributed by atoms with Gasteiger partial charge in [-0.15, -0.1) is 0 Å². The number of Topliss-reactive ketones (excluding diaryl/α,β-unsaturated/α-hetero) is 1. The van der Waals surface area contributed by atoms with Crippen molar-refractivity contribution in [3.05, 3.63) is 23.3 Å². The monoisotopic (exact) mass is 337 g/mol. The van der Waals surface area contributed by atoms with Crippen molar-refractivity contribution >= 4 is 5.78 Å². The zero-order valence-corrected chi connectivity index (χ0v) is 11.8. The molecule has 2 aliphatic rings. The Morgan fingerprint density at radius 2 is 2.26 bits per heavy atom. The fourth-order valence-electron chi connectivity index (χ4n) is 2.66. The molecule has 0 saturated carbocycles. The molecule has 1 saturated heterocycles. The molecule has 1 fully saturated rings. The van der Waals surface area contributed by atoms with E-state index in [0.29, 0.717) is 4.90 Å². The van der Waals surface area contributed by atoms with Crippen molar-refractivity contribution in [3.63, 3.8) is 0 Å². The van der Waals surface area contributed by atoms with Gasteiger partial charge in [0.1, 0.15) is 5.78 Å². The SMILES string of the molecule is [2H]C([2H])([2H])Oc1cc2c(cc1OC([2H])([2H])[2H])C1N(CC2)C([2H])([2H])C([2H])(C([2H])([2H])C([2H])(C([2H])([2H])[2H])C([2H])([2H])[2H])C(=O)C1([2H])[2H]. The predicted octanol–water partition coefficient (Wildman–Crippen LogP) is 3.24. The van der Waals surface area contributed by atoms with E-state index in [1.807, 2.05) is 0 Å². The number of nitrogens with zero attached hydrogens (tertiary/aromatic N) is 1. The predicted molar refractivity (Wildman–Crippen MR) is 90.1 cm³/mol. The highest BCUT2D eigenvalue weighted by molar-refractivity contribution is 5.83. The Morgan fingerprint density at radius 1 is 1.48 bits per heavy atom. The van der Waals surface area contributed by atoms with Crippen LogP contribution in [0.4, 0.5) is 0 Å². The summed E-state index contributed by atoms with van der Waals surface area (Å²) >= 11 is 0. The lowest BCUT2D eigenvalue weighted by atomic mass is 9.80. The van der Waals surface area contributed by atoms with Crippen LogP contribution in [-0.4, -0.2) is 37.8 Å². The van der Waals surface area contributed by atoms with Gasteiger partial charge in [-0.1, -0.05) is 13.7 Å². The molecule has 0 amide bonds. The number of benzene rings is 1. The summed E-state index contributed by atoms with van der Waals surface area (Å²) in [5.41, 5.74) is -0.275. The third-order valence-electron chi connectivity index (χ3n) is 3.65. The number of ketones is 1. The Bertz CT molecular complexity index is 1260. The normalized spacial score (nSPS) is 48.0. The second kappa shape index (κ2) is 6.52. The van der Waals surface area contributed by atoms with E-state index in [-0.39, 0.29) is 17.5 Å². The Hall–Kier alpha value is -1.55. The minimum absolute atomic E-state index is 0.0474. The molecular formula is C19H27NO3. The van der Waals surface area contributed by atoms with Gasteiger partial charge < -0.3 is 9.47 Å². The quantitative estimate of drug-likeness (QED) is 0.845. The zero-order valence-electron chi connectivity index (χ0n) is 31.8. The Balaban J connectivity index is 2.33. The average Bonchev–Trinajstić information content (AvgIpc) is 2.77. The molecule has 2 atom stereocenters. The fraction of sp³-hybridized carbons (Fsp3) is 0.632.